The number of rotatable bonds is 7. The molecule has 2 nitrogen and oxygen atoms in total. The number of aryl methyl sites for hydroxylation is 1. The van der Waals surface area contributed by atoms with Crippen LogP contribution in [0.3, 0.4) is 0 Å². The van der Waals surface area contributed by atoms with Crippen LogP contribution in [0, 0.1) is 11.3 Å². The summed E-state index contributed by atoms with van der Waals surface area (Å²) in [6, 6.07) is 8.81. The molecule has 0 spiro atoms. The molecule has 0 heterocycles. The van der Waals surface area contributed by atoms with Gasteiger partial charge in [-0.1, -0.05) is 38.1 Å². The number of ether oxygens (including phenoxy) is 1. The van der Waals surface area contributed by atoms with Gasteiger partial charge in [-0.3, -0.25) is 0 Å². The van der Waals surface area contributed by atoms with Crippen LogP contribution in [0.4, 0.5) is 0 Å². The summed E-state index contributed by atoms with van der Waals surface area (Å²) in [5.74, 6) is 0.722. The Bertz CT molecular complexity index is 416. The SMILES string of the molecule is CC(C)CCOCCC1(CN)CCc2ccccc2C1. The third-order valence-electron chi connectivity index (χ3n) is 4.66. The highest BCUT2D eigenvalue weighted by Gasteiger charge is 2.32. The van der Waals surface area contributed by atoms with Crippen molar-refractivity contribution < 1.29 is 4.74 Å². The van der Waals surface area contributed by atoms with E-state index in [0.29, 0.717) is 0 Å². The molecule has 20 heavy (non-hydrogen) atoms. The average molecular weight is 275 g/mol. The van der Waals surface area contributed by atoms with E-state index in [2.05, 4.69) is 38.1 Å². The summed E-state index contributed by atoms with van der Waals surface area (Å²) >= 11 is 0. The maximum Gasteiger partial charge on any atom is 0.0471 e. The minimum atomic E-state index is 0.256. The lowest BCUT2D eigenvalue weighted by Crippen LogP contribution is -2.37. The van der Waals surface area contributed by atoms with Crippen molar-refractivity contribution in [3.63, 3.8) is 0 Å². The monoisotopic (exact) mass is 275 g/mol. The Morgan fingerprint density at radius 3 is 2.65 bits per heavy atom. The highest BCUT2D eigenvalue weighted by Crippen LogP contribution is 2.37. The molecule has 0 radical (unpaired) electrons. The molecule has 1 aliphatic carbocycles. The molecule has 1 unspecified atom stereocenters. The van der Waals surface area contributed by atoms with Crippen LogP contribution in [-0.4, -0.2) is 19.8 Å². The zero-order chi connectivity index (χ0) is 14.4. The van der Waals surface area contributed by atoms with Crippen molar-refractivity contribution in [3.05, 3.63) is 35.4 Å². The quantitative estimate of drug-likeness (QED) is 0.772. The maximum absolute atomic E-state index is 6.10. The molecule has 0 bridgehead atoms. The average Bonchev–Trinajstić information content (AvgIpc) is 2.46. The van der Waals surface area contributed by atoms with E-state index in [-0.39, 0.29) is 5.41 Å². The zero-order valence-electron chi connectivity index (χ0n) is 13.0. The Balaban J connectivity index is 1.85. The minimum Gasteiger partial charge on any atom is -0.381 e. The first-order chi connectivity index (χ1) is 9.65. The van der Waals surface area contributed by atoms with Crippen LogP contribution in [-0.2, 0) is 17.6 Å². The second-order valence-corrected chi connectivity index (χ2v) is 6.69. The van der Waals surface area contributed by atoms with E-state index < -0.39 is 0 Å². The van der Waals surface area contributed by atoms with Gasteiger partial charge in [0.2, 0.25) is 0 Å². The Morgan fingerprint density at radius 2 is 1.95 bits per heavy atom. The van der Waals surface area contributed by atoms with Gasteiger partial charge in [0.25, 0.3) is 0 Å². The summed E-state index contributed by atoms with van der Waals surface area (Å²) < 4.78 is 5.81. The predicted molar refractivity (Wildman–Crippen MR) is 84.8 cm³/mol. The molecule has 2 heteroatoms. The third kappa shape index (κ3) is 4.07. The van der Waals surface area contributed by atoms with Crippen molar-refractivity contribution in [1.29, 1.82) is 0 Å². The van der Waals surface area contributed by atoms with Crippen LogP contribution in [0.25, 0.3) is 0 Å². The summed E-state index contributed by atoms with van der Waals surface area (Å²) in [5, 5.41) is 0. The molecule has 1 aromatic carbocycles. The van der Waals surface area contributed by atoms with Crippen LogP contribution >= 0.6 is 0 Å². The van der Waals surface area contributed by atoms with E-state index in [4.69, 9.17) is 10.5 Å². The van der Waals surface area contributed by atoms with Crippen LogP contribution < -0.4 is 5.73 Å². The Labute approximate surface area is 123 Å². The molecule has 1 aliphatic rings. The molecule has 0 saturated carbocycles. The van der Waals surface area contributed by atoms with E-state index in [9.17, 15) is 0 Å². The van der Waals surface area contributed by atoms with Crippen molar-refractivity contribution in [1.82, 2.24) is 0 Å². The predicted octanol–water partition coefficient (Wildman–Crippen LogP) is 3.57. The van der Waals surface area contributed by atoms with Crippen molar-refractivity contribution >= 4 is 0 Å². The highest BCUT2D eigenvalue weighted by molar-refractivity contribution is 5.31. The van der Waals surface area contributed by atoms with Crippen molar-refractivity contribution in [2.45, 2.75) is 46.0 Å². The molecule has 2 N–H and O–H groups in total. The summed E-state index contributed by atoms with van der Waals surface area (Å²) in [5.41, 5.74) is 9.36. The number of nitrogens with two attached hydrogens (primary N) is 1. The Hall–Kier alpha value is -0.860. The van der Waals surface area contributed by atoms with Crippen molar-refractivity contribution in [3.8, 4) is 0 Å². The van der Waals surface area contributed by atoms with Crippen LogP contribution in [0.15, 0.2) is 24.3 Å². The lowest BCUT2D eigenvalue weighted by atomic mass is 9.70. The van der Waals surface area contributed by atoms with Crippen molar-refractivity contribution in [2.75, 3.05) is 19.8 Å². The minimum absolute atomic E-state index is 0.256. The van der Waals surface area contributed by atoms with Gasteiger partial charge < -0.3 is 10.5 Å². The molecule has 0 saturated heterocycles. The standard InChI is InChI=1S/C18H29NO/c1-15(2)8-11-20-12-10-18(14-19)9-7-16-5-3-4-6-17(16)13-18/h3-6,15H,7-14,19H2,1-2H3. The van der Waals surface area contributed by atoms with Crippen LogP contribution in [0.2, 0.25) is 0 Å². The van der Waals surface area contributed by atoms with Gasteiger partial charge in [0, 0.05) is 13.2 Å². The van der Waals surface area contributed by atoms with Crippen LogP contribution in [0.5, 0.6) is 0 Å². The first kappa shape index (κ1) is 15.5. The third-order valence-corrected chi connectivity index (χ3v) is 4.66. The van der Waals surface area contributed by atoms with E-state index in [1.807, 2.05) is 0 Å². The molecular weight excluding hydrogens is 246 g/mol. The van der Waals surface area contributed by atoms with E-state index in [1.165, 1.54) is 24.0 Å². The largest absolute Gasteiger partial charge is 0.381 e. The van der Waals surface area contributed by atoms with Gasteiger partial charge in [-0.25, -0.2) is 0 Å². The highest BCUT2D eigenvalue weighted by atomic mass is 16.5. The van der Waals surface area contributed by atoms with E-state index >= 15 is 0 Å². The van der Waals surface area contributed by atoms with Gasteiger partial charge in [-0.15, -0.1) is 0 Å². The van der Waals surface area contributed by atoms with Crippen LogP contribution in [0.1, 0.15) is 44.2 Å². The van der Waals surface area contributed by atoms with Gasteiger partial charge in [0.15, 0.2) is 0 Å². The van der Waals surface area contributed by atoms with Gasteiger partial charge in [-0.2, -0.15) is 0 Å². The van der Waals surface area contributed by atoms with Crippen molar-refractivity contribution in [2.24, 2.45) is 17.1 Å². The normalized spacial score (nSPS) is 22.0. The number of hydrogen-bond acceptors (Lipinski definition) is 2. The maximum atomic E-state index is 6.10. The fourth-order valence-electron chi connectivity index (χ4n) is 3.07. The summed E-state index contributed by atoms with van der Waals surface area (Å²) in [7, 11) is 0. The lowest BCUT2D eigenvalue weighted by molar-refractivity contribution is 0.0826. The fraction of sp³-hybridized carbons (Fsp3) is 0.667. The number of hydrogen-bond donors (Lipinski definition) is 1. The lowest BCUT2D eigenvalue weighted by Gasteiger charge is -2.37. The van der Waals surface area contributed by atoms with Gasteiger partial charge in [0.1, 0.15) is 0 Å². The number of fused-ring (bicyclic) bond motifs is 1. The van der Waals surface area contributed by atoms with Gasteiger partial charge in [-0.05, 0) is 61.1 Å². The Kier molecular flexibility index (Phi) is 5.62. The van der Waals surface area contributed by atoms with E-state index in [1.54, 1.807) is 0 Å². The first-order valence-electron chi connectivity index (χ1n) is 8.00. The first-order valence-corrected chi connectivity index (χ1v) is 8.00. The Morgan fingerprint density at radius 1 is 1.20 bits per heavy atom. The summed E-state index contributed by atoms with van der Waals surface area (Å²) in [6.45, 7) is 6.99. The second-order valence-electron chi connectivity index (χ2n) is 6.69. The molecular formula is C18H29NO. The molecule has 1 aromatic rings. The van der Waals surface area contributed by atoms with E-state index in [0.717, 1.165) is 44.9 Å². The molecule has 0 amide bonds. The number of benzene rings is 1. The summed E-state index contributed by atoms with van der Waals surface area (Å²) in [6.07, 6.45) is 5.73. The second kappa shape index (κ2) is 7.24. The molecule has 0 aliphatic heterocycles. The molecule has 0 aromatic heterocycles. The zero-order valence-corrected chi connectivity index (χ0v) is 13.0. The molecule has 112 valence electrons. The van der Waals surface area contributed by atoms with Gasteiger partial charge in [0.05, 0.1) is 0 Å². The summed E-state index contributed by atoms with van der Waals surface area (Å²) in [4.78, 5) is 0. The fourth-order valence-corrected chi connectivity index (χ4v) is 3.07. The molecule has 1 atom stereocenters. The topological polar surface area (TPSA) is 35.2 Å². The molecule has 2 rings (SSSR count). The molecule has 0 fully saturated rings. The smallest absolute Gasteiger partial charge is 0.0471 e. The van der Waals surface area contributed by atoms with Gasteiger partial charge >= 0.3 is 0 Å².